The van der Waals surface area contributed by atoms with Crippen molar-refractivity contribution in [2.24, 2.45) is 4.99 Å². The van der Waals surface area contributed by atoms with Crippen molar-refractivity contribution in [2.45, 2.75) is 31.9 Å². The average molecular weight is 500 g/mol. The van der Waals surface area contributed by atoms with Crippen LogP contribution in [-0.2, 0) is 11.3 Å². The first-order valence-electron chi connectivity index (χ1n) is 9.03. The number of hydrogen-bond donors (Lipinski definition) is 2. The number of pyridine rings is 1. The highest BCUT2D eigenvalue weighted by atomic mass is 127. The minimum absolute atomic E-state index is 0. The summed E-state index contributed by atoms with van der Waals surface area (Å²) in [6.45, 7) is 4.24. The van der Waals surface area contributed by atoms with Gasteiger partial charge in [-0.25, -0.2) is 9.37 Å². The van der Waals surface area contributed by atoms with Gasteiger partial charge in [0.2, 0.25) is 5.88 Å². The van der Waals surface area contributed by atoms with E-state index >= 15 is 0 Å². The Balaban J connectivity index is 0.00000280. The predicted molar refractivity (Wildman–Crippen MR) is 118 cm³/mol. The van der Waals surface area contributed by atoms with Crippen LogP contribution in [0.3, 0.4) is 0 Å². The Kier molecular flexibility index (Phi) is 8.43. The van der Waals surface area contributed by atoms with E-state index in [9.17, 15) is 4.39 Å². The van der Waals surface area contributed by atoms with Gasteiger partial charge in [-0.15, -0.1) is 24.0 Å². The van der Waals surface area contributed by atoms with Gasteiger partial charge in [-0.2, -0.15) is 0 Å². The van der Waals surface area contributed by atoms with Gasteiger partial charge in [0.05, 0.1) is 5.60 Å². The Bertz CT molecular complexity index is 763. The molecule has 1 saturated heterocycles. The highest BCUT2D eigenvalue weighted by Gasteiger charge is 2.29. The van der Waals surface area contributed by atoms with Crippen molar-refractivity contribution >= 4 is 29.9 Å². The summed E-state index contributed by atoms with van der Waals surface area (Å²) in [4.78, 5) is 8.52. The van der Waals surface area contributed by atoms with Crippen molar-refractivity contribution < 1.29 is 13.9 Å². The van der Waals surface area contributed by atoms with Crippen LogP contribution in [0.5, 0.6) is 11.6 Å². The fourth-order valence-electron chi connectivity index (χ4n) is 2.85. The van der Waals surface area contributed by atoms with Crippen LogP contribution in [0, 0.1) is 5.82 Å². The molecular formula is C20H26FIN4O2. The third-order valence-corrected chi connectivity index (χ3v) is 4.45. The summed E-state index contributed by atoms with van der Waals surface area (Å²) in [7, 11) is 1.74. The van der Waals surface area contributed by atoms with Crippen molar-refractivity contribution in [3.63, 3.8) is 0 Å². The van der Waals surface area contributed by atoms with E-state index in [1.807, 2.05) is 6.07 Å². The highest BCUT2D eigenvalue weighted by Crippen LogP contribution is 2.23. The van der Waals surface area contributed by atoms with E-state index in [-0.39, 0.29) is 35.4 Å². The molecule has 2 heterocycles. The molecule has 28 heavy (non-hydrogen) atoms. The van der Waals surface area contributed by atoms with E-state index in [1.54, 1.807) is 31.4 Å². The molecule has 1 aliphatic heterocycles. The van der Waals surface area contributed by atoms with Crippen molar-refractivity contribution in [3.8, 4) is 11.6 Å². The number of benzene rings is 1. The van der Waals surface area contributed by atoms with Gasteiger partial charge in [-0.3, -0.25) is 4.99 Å². The van der Waals surface area contributed by atoms with Gasteiger partial charge in [-0.1, -0.05) is 6.07 Å². The van der Waals surface area contributed by atoms with E-state index in [1.165, 1.54) is 12.1 Å². The molecule has 152 valence electrons. The summed E-state index contributed by atoms with van der Waals surface area (Å²) >= 11 is 0. The Morgan fingerprint density at radius 1 is 1.25 bits per heavy atom. The third kappa shape index (κ3) is 6.59. The van der Waals surface area contributed by atoms with Gasteiger partial charge < -0.3 is 20.1 Å². The normalized spacial score (nSPS) is 19.0. The maximum atomic E-state index is 12.9. The first kappa shape index (κ1) is 22.4. The Labute approximate surface area is 182 Å². The lowest BCUT2D eigenvalue weighted by Crippen LogP contribution is -2.45. The Hall–Kier alpha value is -1.94. The minimum atomic E-state index is -0.299. The summed E-state index contributed by atoms with van der Waals surface area (Å²) in [5.74, 6) is 1.42. The van der Waals surface area contributed by atoms with E-state index < -0.39 is 0 Å². The lowest BCUT2D eigenvalue weighted by Gasteiger charge is -2.24. The number of aliphatic imine (C=N–C) groups is 1. The predicted octanol–water partition coefficient (Wildman–Crippen LogP) is 3.87. The van der Waals surface area contributed by atoms with Crippen molar-refractivity contribution in [3.05, 3.63) is 54.0 Å². The van der Waals surface area contributed by atoms with Crippen molar-refractivity contribution in [1.82, 2.24) is 15.6 Å². The van der Waals surface area contributed by atoms with Gasteiger partial charge in [0, 0.05) is 39.0 Å². The lowest BCUT2D eigenvalue weighted by molar-refractivity contribution is 0.0243. The smallest absolute Gasteiger partial charge is 0.219 e. The quantitative estimate of drug-likeness (QED) is 0.358. The second-order valence-electron chi connectivity index (χ2n) is 6.74. The molecule has 8 heteroatoms. The fourth-order valence-corrected chi connectivity index (χ4v) is 2.85. The molecule has 1 fully saturated rings. The van der Waals surface area contributed by atoms with E-state index in [4.69, 9.17) is 9.47 Å². The molecule has 1 unspecified atom stereocenters. The number of guanidine groups is 1. The molecule has 0 spiro atoms. The lowest BCUT2D eigenvalue weighted by atomic mass is 10.0. The van der Waals surface area contributed by atoms with Crippen molar-refractivity contribution in [1.29, 1.82) is 0 Å². The summed E-state index contributed by atoms with van der Waals surface area (Å²) in [6.07, 6.45) is 3.89. The van der Waals surface area contributed by atoms with Crippen LogP contribution in [0.15, 0.2) is 47.6 Å². The summed E-state index contributed by atoms with van der Waals surface area (Å²) in [6, 6.07) is 9.54. The van der Waals surface area contributed by atoms with Gasteiger partial charge in [-0.05, 0) is 49.6 Å². The van der Waals surface area contributed by atoms with Crippen LogP contribution in [0.4, 0.5) is 4.39 Å². The van der Waals surface area contributed by atoms with Gasteiger partial charge in [0.1, 0.15) is 11.6 Å². The van der Waals surface area contributed by atoms with Gasteiger partial charge >= 0.3 is 0 Å². The molecule has 2 aromatic rings. The van der Waals surface area contributed by atoms with Crippen LogP contribution in [-0.4, -0.2) is 36.7 Å². The molecule has 1 atom stereocenters. The third-order valence-electron chi connectivity index (χ3n) is 4.45. The molecule has 3 rings (SSSR count). The number of nitrogens with zero attached hydrogens (tertiary/aromatic N) is 2. The molecule has 0 aliphatic carbocycles. The Morgan fingerprint density at radius 3 is 2.64 bits per heavy atom. The molecule has 0 bridgehead atoms. The molecule has 6 nitrogen and oxygen atoms in total. The molecule has 1 aromatic heterocycles. The fraction of sp³-hybridized carbons (Fsp3) is 0.400. The summed E-state index contributed by atoms with van der Waals surface area (Å²) < 4.78 is 24.3. The SMILES string of the molecule is CN=C(NCc1ccc(Oc2ccc(F)cc2)nc1)NCC1(C)CCCO1.I. The molecule has 1 aromatic carbocycles. The van der Waals surface area contributed by atoms with E-state index in [2.05, 4.69) is 27.5 Å². The zero-order valence-electron chi connectivity index (χ0n) is 16.1. The molecule has 0 amide bonds. The topological polar surface area (TPSA) is 67.8 Å². The Morgan fingerprint density at radius 2 is 2.04 bits per heavy atom. The monoisotopic (exact) mass is 500 g/mol. The highest BCUT2D eigenvalue weighted by molar-refractivity contribution is 14.0. The number of nitrogens with one attached hydrogen (secondary N) is 2. The van der Waals surface area contributed by atoms with Crippen LogP contribution >= 0.6 is 24.0 Å². The second-order valence-corrected chi connectivity index (χ2v) is 6.74. The first-order valence-corrected chi connectivity index (χ1v) is 9.03. The van der Waals surface area contributed by atoms with Crippen LogP contribution in [0.1, 0.15) is 25.3 Å². The summed E-state index contributed by atoms with van der Waals surface area (Å²) in [5.41, 5.74) is 0.867. The number of halogens is 2. The summed E-state index contributed by atoms with van der Waals surface area (Å²) in [5, 5.41) is 6.57. The van der Waals surface area contributed by atoms with E-state index in [0.29, 0.717) is 18.2 Å². The van der Waals surface area contributed by atoms with Crippen molar-refractivity contribution in [2.75, 3.05) is 20.2 Å². The largest absolute Gasteiger partial charge is 0.439 e. The van der Waals surface area contributed by atoms with Crippen LogP contribution < -0.4 is 15.4 Å². The number of aromatic nitrogens is 1. The first-order chi connectivity index (χ1) is 13.1. The molecule has 0 saturated carbocycles. The molecule has 0 radical (unpaired) electrons. The zero-order chi connectivity index (χ0) is 19.1. The maximum absolute atomic E-state index is 12.9. The van der Waals surface area contributed by atoms with Gasteiger partial charge in [0.25, 0.3) is 0 Å². The van der Waals surface area contributed by atoms with Crippen LogP contribution in [0.25, 0.3) is 0 Å². The standard InChI is InChI=1S/C20H25FN4O2.HI/c1-20(10-3-11-26-20)14-25-19(22-2)24-13-15-4-9-18(23-12-15)27-17-7-5-16(21)6-8-17;/h4-9,12H,3,10-11,13-14H2,1-2H3,(H2,22,24,25);1H. The number of rotatable bonds is 6. The average Bonchev–Trinajstić information content (AvgIpc) is 3.12. The molecule has 2 N–H and O–H groups in total. The second kappa shape index (κ2) is 10.6. The molecular weight excluding hydrogens is 474 g/mol. The van der Waals surface area contributed by atoms with Gasteiger partial charge in [0.15, 0.2) is 5.96 Å². The van der Waals surface area contributed by atoms with Crippen LogP contribution in [0.2, 0.25) is 0 Å². The number of ether oxygens (including phenoxy) is 2. The van der Waals surface area contributed by atoms with E-state index in [0.717, 1.165) is 37.5 Å². The minimum Gasteiger partial charge on any atom is -0.439 e. The molecule has 1 aliphatic rings. The zero-order valence-corrected chi connectivity index (χ0v) is 18.4. The maximum Gasteiger partial charge on any atom is 0.219 e. The number of hydrogen-bond acceptors (Lipinski definition) is 4.